The summed E-state index contributed by atoms with van der Waals surface area (Å²) in [6.07, 6.45) is 1.26. The Morgan fingerprint density at radius 2 is 2.16 bits per heavy atom. The van der Waals surface area contributed by atoms with Gasteiger partial charge in [0.2, 0.25) is 0 Å². The molecule has 6 nitrogen and oxygen atoms in total. The molecule has 0 saturated carbocycles. The number of hydrogen-bond acceptors (Lipinski definition) is 4. The van der Waals surface area contributed by atoms with Gasteiger partial charge in [0.05, 0.1) is 18.2 Å². The minimum absolute atomic E-state index is 0.0515. The number of nitrogens with zero attached hydrogens (tertiary/aromatic N) is 2. The maximum atomic E-state index is 11.6. The molecule has 0 aliphatic rings. The van der Waals surface area contributed by atoms with Crippen LogP contribution in [0.5, 0.6) is 0 Å². The lowest BCUT2D eigenvalue weighted by Gasteiger charge is -2.07. The first-order valence-electron chi connectivity index (χ1n) is 5.29. The third kappa shape index (κ3) is 2.67. The first kappa shape index (κ1) is 12.9. The van der Waals surface area contributed by atoms with Crippen LogP contribution in [0.1, 0.15) is 11.1 Å². The van der Waals surface area contributed by atoms with Gasteiger partial charge < -0.3 is 5.73 Å². The minimum atomic E-state index is -0.618. The molecule has 0 unspecified atom stereocenters. The number of hydrogen-bond donors (Lipinski definition) is 2. The van der Waals surface area contributed by atoms with Crippen molar-refractivity contribution in [2.75, 3.05) is 5.73 Å². The van der Waals surface area contributed by atoms with Crippen LogP contribution < -0.4 is 17.0 Å². The predicted molar refractivity (Wildman–Crippen MR) is 71.0 cm³/mol. The molecule has 0 bridgehead atoms. The van der Waals surface area contributed by atoms with E-state index in [0.717, 1.165) is 0 Å². The number of aromatic amines is 1. The van der Waals surface area contributed by atoms with Crippen LogP contribution in [0, 0.1) is 11.3 Å². The van der Waals surface area contributed by atoms with E-state index in [-0.39, 0.29) is 12.2 Å². The molecule has 1 aromatic carbocycles. The van der Waals surface area contributed by atoms with Crippen molar-refractivity contribution in [3.63, 3.8) is 0 Å². The standard InChI is InChI=1S/C12H9ClN4O2/c13-9-3-7(4-14)1-2-8(9)5-17-6-10(15)11(18)16-12(17)19/h1-3,6H,5,15H2,(H,16,18,19). The van der Waals surface area contributed by atoms with E-state index in [1.165, 1.54) is 16.8 Å². The maximum Gasteiger partial charge on any atom is 0.328 e. The van der Waals surface area contributed by atoms with Gasteiger partial charge in [-0.1, -0.05) is 17.7 Å². The molecule has 0 spiro atoms. The summed E-state index contributed by atoms with van der Waals surface area (Å²) in [6, 6.07) is 6.72. The molecule has 0 atom stereocenters. The lowest BCUT2D eigenvalue weighted by atomic mass is 10.1. The van der Waals surface area contributed by atoms with Crippen LogP contribution in [0.3, 0.4) is 0 Å². The van der Waals surface area contributed by atoms with E-state index in [1.807, 2.05) is 6.07 Å². The number of halogens is 1. The Kier molecular flexibility index (Phi) is 3.40. The second-order valence-corrected chi connectivity index (χ2v) is 4.30. The van der Waals surface area contributed by atoms with E-state index >= 15 is 0 Å². The third-order valence-corrected chi connectivity index (χ3v) is 2.91. The van der Waals surface area contributed by atoms with Crippen LogP contribution in [0.15, 0.2) is 34.0 Å². The smallest absolute Gasteiger partial charge is 0.328 e. The van der Waals surface area contributed by atoms with Crippen molar-refractivity contribution < 1.29 is 0 Å². The quantitative estimate of drug-likeness (QED) is 0.842. The van der Waals surface area contributed by atoms with E-state index in [2.05, 4.69) is 4.98 Å². The molecule has 96 valence electrons. The molecule has 0 amide bonds. The highest BCUT2D eigenvalue weighted by Crippen LogP contribution is 2.18. The summed E-state index contributed by atoms with van der Waals surface area (Å²) in [4.78, 5) is 24.8. The highest BCUT2D eigenvalue weighted by molar-refractivity contribution is 6.31. The summed E-state index contributed by atoms with van der Waals surface area (Å²) in [5.74, 6) is 0. The van der Waals surface area contributed by atoms with E-state index in [9.17, 15) is 9.59 Å². The summed E-state index contributed by atoms with van der Waals surface area (Å²) in [5.41, 5.74) is 5.29. The summed E-state index contributed by atoms with van der Waals surface area (Å²) in [7, 11) is 0. The Hall–Kier alpha value is -2.52. The number of benzene rings is 1. The van der Waals surface area contributed by atoms with Gasteiger partial charge in [-0.05, 0) is 17.7 Å². The van der Waals surface area contributed by atoms with Crippen LogP contribution in [0.4, 0.5) is 5.69 Å². The number of nitrogen functional groups attached to an aromatic ring is 1. The molecule has 2 rings (SSSR count). The van der Waals surface area contributed by atoms with Crippen molar-refractivity contribution >= 4 is 17.3 Å². The van der Waals surface area contributed by atoms with Crippen LogP contribution in [-0.4, -0.2) is 9.55 Å². The zero-order valence-electron chi connectivity index (χ0n) is 9.68. The molecule has 0 radical (unpaired) electrons. The van der Waals surface area contributed by atoms with Crippen molar-refractivity contribution in [3.8, 4) is 6.07 Å². The van der Waals surface area contributed by atoms with Crippen LogP contribution in [0.2, 0.25) is 5.02 Å². The maximum absolute atomic E-state index is 11.6. The van der Waals surface area contributed by atoms with Gasteiger partial charge in [0.15, 0.2) is 0 Å². The Morgan fingerprint density at radius 1 is 1.42 bits per heavy atom. The molecule has 2 aromatic rings. The number of aromatic nitrogens is 2. The van der Waals surface area contributed by atoms with Crippen LogP contribution in [0.25, 0.3) is 0 Å². The molecule has 0 saturated heterocycles. The van der Waals surface area contributed by atoms with E-state index in [0.29, 0.717) is 16.1 Å². The fraction of sp³-hybridized carbons (Fsp3) is 0.0833. The Labute approximate surface area is 112 Å². The monoisotopic (exact) mass is 276 g/mol. The summed E-state index contributed by atoms with van der Waals surface area (Å²) >= 11 is 6.01. The zero-order chi connectivity index (χ0) is 14.0. The van der Waals surface area contributed by atoms with Crippen molar-refractivity contribution in [3.05, 3.63) is 61.4 Å². The SMILES string of the molecule is N#Cc1ccc(Cn2cc(N)c(=O)[nH]c2=O)c(Cl)c1. The molecule has 7 heteroatoms. The van der Waals surface area contributed by atoms with E-state index < -0.39 is 11.2 Å². The largest absolute Gasteiger partial charge is 0.393 e. The number of nitriles is 1. The van der Waals surface area contributed by atoms with Gasteiger partial charge in [-0.2, -0.15) is 5.26 Å². The molecular formula is C12H9ClN4O2. The minimum Gasteiger partial charge on any atom is -0.393 e. The molecule has 1 heterocycles. The summed E-state index contributed by atoms with van der Waals surface area (Å²) < 4.78 is 1.24. The zero-order valence-corrected chi connectivity index (χ0v) is 10.4. The Morgan fingerprint density at radius 3 is 2.79 bits per heavy atom. The van der Waals surface area contributed by atoms with Crippen LogP contribution >= 0.6 is 11.6 Å². The van der Waals surface area contributed by atoms with Gasteiger partial charge in [-0.3, -0.25) is 14.3 Å². The molecule has 1 aromatic heterocycles. The van der Waals surface area contributed by atoms with Crippen molar-refractivity contribution in [2.45, 2.75) is 6.54 Å². The normalized spacial score (nSPS) is 10.1. The number of H-pyrrole nitrogens is 1. The Bertz CT molecular complexity index is 786. The molecule has 0 aliphatic heterocycles. The van der Waals surface area contributed by atoms with Gasteiger partial charge in [0.25, 0.3) is 5.56 Å². The fourth-order valence-electron chi connectivity index (χ4n) is 1.57. The Balaban J connectivity index is 2.42. The fourth-order valence-corrected chi connectivity index (χ4v) is 1.81. The van der Waals surface area contributed by atoms with Gasteiger partial charge in [-0.25, -0.2) is 4.79 Å². The second-order valence-electron chi connectivity index (χ2n) is 3.89. The molecule has 3 N–H and O–H groups in total. The first-order chi connectivity index (χ1) is 9.01. The lowest BCUT2D eigenvalue weighted by molar-refractivity contribution is 0.723. The van der Waals surface area contributed by atoms with E-state index in [4.69, 9.17) is 22.6 Å². The van der Waals surface area contributed by atoms with Gasteiger partial charge in [-0.15, -0.1) is 0 Å². The predicted octanol–water partition coefficient (Wildman–Crippen LogP) is 0.692. The average molecular weight is 277 g/mol. The van der Waals surface area contributed by atoms with Gasteiger partial charge >= 0.3 is 5.69 Å². The van der Waals surface area contributed by atoms with Gasteiger partial charge in [0, 0.05) is 11.2 Å². The molecular weight excluding hydrogens is 268 g/mol. The summed E-state index contributed by atoms with van der Waals surface area (Å²) in [6.45, 7) is 0.157. The first-order valence-corrected chi connectivity index (χ1v) is 5.67. The molecule has 19 heavy (non-hydrogen) atoms. The second kappa shape index (κ2) is 5.00. The topological polar surface area (TPSA) is 105 Å². The average Bonchev–Trinajstić information content (AvgIpc) is 2.38. The number of nitrogens with two attached hydrogens (primary N) is 1. The van der Waals surface area contributed by atoms with Crippen LogP contribution in [-0.2, 0) is 6.54 Å². The highest BCUT2D eigenvalue weighted by Gasteiger charge is 2.06. The van der Waals surface area contributed by atoms with Gasteiger partial charge in [0.1, 0.15) is 5.69 Å². The summed E-state index contributed by atoms with van der Waals surface area (Å²) in [5, 5.41) is 9.10. The lowest BCUT2D eigenvalue weighted by Crippen LogP contribution is -2.31. The van der Waals surface area contributed by atoms with E-state index in [1.54, 1.807) is 12.1 Å². The molecule has 0 aliphatic carbocycles. The van der Waals surface area contributed by atoms with Crippen molar-refractivity contribution in [2.24, 2.45) is 0 Å². The third-order valence-electron chi connectivity index (χ3n) is 2.56. The molecule has 0 fully saturated rings. The van der Waals surface area contributed by atoms with Crippen molar-refractivity contribution in [1.29, 1.82) is 5.26 Å². The highest BCUT2D eigenvalue weighted by atomic mass is 35.5. The number of anilines is 1. The number of rotatable bonds is 2. The van der Waals surface area contributed by atoms with Crippen molar-refractivity contribution in [1.82, 2.24) is 9.55 Å². The number of nitrogens with one attached hydrogen (secondary N) is 1.